The topological polar surface area (TPSA) is 110 Å². The molecule has 0 N–H and O–H groups in total. The summed E-state index contributed by atoms with van der Waals surface area (Å²) in [6.45, 7) is 1.68. The fourth-order valence-corrected chi connectivity index (χ4v) is 2.39. The van der Waals surface area contributed by atoms with Gasteiger partial charge in [-0.1, -0.05) is 0 Å². The number of hydrogen-bond acceptors (Lipinski definition) is 6. The van der Waals surface area contributed by atoms with Crippen molar-refractivity contribution in [3.63, 3.8) is 0 Å². The molecule has 9 heteroatoms. The molecule has 0 atom stereocenters. The molecule has 1 aliphatic rings. The lowest BCUT2D eigenvalue weighted by molar-refractivity contribution is -0.384. The number of amides is 2. The summed E-state index contributed by atoms with van der Waals surface area (Å²) in [5.41, 5.74) is 0.117. The lowest BCUT2D eigenvalue weighted by Crippen LogP contribution is -2.39. The summed E-state index contributed by atoms with van der Waals surface area (Å²) >= 11 is 0. The van der Waals surface area contributed by atoms with Crippen LogP contribution in [0.4, 0.5) is 11.4 Å². The molecule has 1 aromatic carbocycles. The van der Waals surface area contributed by atoms with Crippen molar-refractivity contribution in [2.75, 3.05) is 31.6 Å². The van der Waals surface area contributed by atoms with E-state index in [1.54, 1.807) is 6.92 Å². The van der Waals surface area contributed by atoms with Crippen molar-refractivity contribution in [2.24, 2.45) is 0 Å². The lowest BCUT2D eigenvalue weighted by atomic mass is 10.1. The Balaban J connectivity index is 2.32. The second-order valence-corrected chi connectivity index (χ2v) is 5.19. The summed E-state index contributed by atoms with van der Waals surface area (Å²) in [6, 6.07) is 3.76. The Hall–Kier alpha value is -2.97. The monoisotopic (exact) mass is 335 g/mol. The number of nitrogens with zero attached hydrogens (tertiary/aromatic N) is 3. The number of benzene rings is 1. The predicted octanol–water partition coefficient (Wildman–Crippen LogP) is 0.967. The number of anilines is 1. The maximum absolute atomic E-state index is 12.6. The first-order valence-electron chi connectivity index (χ1n) is 7.35. The summed E-state index contributed by atoms with van der Waals surface area (Å²) < 4.78 is 4.81. The molecule has 2 amide bonds. The Morgan fingerprint density at radius 2 is 2.08 bits per heavy atom. The third kappa shape index (κ3) is 3.50. The van der Waals surface area contributed by atoms with Crippen molar-refractivity contribution in [1.82, 2.24) is 4.90 Å². The zero-order valence-electron chi connectivity index (χ0n) is 13.4. The second-order valence-electron chi connectivity index (χ2n) is 5.19. The van der Waals surface area contributed by atoms with E-state index in [9.17, 15) is 24.5 Å². The minimum Gasteiger partial charge on any atom is -0.466 e. The molecule has 0 spiro atoms. The van der Waals surface area contributed by atoms with E-state index in [0.717, 1.165) is 6.07 Å². The van der Waals surface area contributed by atoms with Crippen LogP contribution in [0.5, 0.6) is 0 Å². The van der Waals surface area contributed by atoms with Gasteiger partial charge in [0, 0.05) is 25.7 Å². The number of nitro groups is 1. The first-order valence-corrected chi connectivity index (χ1v) is 7.35. The molecule has 0 saturated carbocycles. The molecule has 0 aromatic heterocycles. The van der Waals surface area contributed by atoms with E-state index >= 15 is 0 Å². The molecule has 0 saturated heterocycles. The number of esters is 1. The molecular formula is C15H17N3O6. The summed E-state index contributed by atoms with van der Waals surface area (Å²) in [5, 5.41) is 10.9. The number of hydrogen-bond donors (Lipinski definition) is 0. The highest BCUT2D eigenvalue weighted by atomic mass is 16.6. The zero-order chi connectivity index (χ0) is 17.9. The fourth-order valence-electron chi connectivity index (χ4n) is 2.39. The highest BCUT2D eigenvalue weighted by Gasteiger charge is 2.31. The van der Waals surface area contributed by atoms with Gasteiger partial charge in [-0.25, -0.2) is 0 Å². The Kier molecular flexibility index (Phi) is 5.12. The van der Waals surface area contributed by atoms with Crippen LogP contribution in [-0.4, -0.2) is 54.4 Å². The molecule has 0 fully saturated rings. The zero-order valence-corrected chi connectivity index (χ0v) is 13.4. The van der Waals surface area contributed by atoms with Crippen molar-refractivity contribution < 1.29 is 24.0 Å². The van der Waals surface area contributed by atoms with E-state index in [1.807, 2.05) is 0 Å². The average Bonchev–Trinajstić information content (AvgIpc) is 2.64. The minimum absolute atomic E-state index is 0.000616. The second kappa shape index (κ2) is 7.07. The smallest absolute Gasteiger partial charge is 0.307 e. The van der Waals surface area contributed by atoms with Gasteiger partial charge in [0.05, 0.1) is 29.2 Å². The Morgan fingerprint density at radius 1 is 1.38 bits per heavy atom. The van der Waals surface area contributed by atoms with Gasteiger partial charge < -0.3 is 14.5 Å². The number of carbonyl (C=O) groups is 3. The fraction of sp³-hybridized carbons (Fsp3) is 0.400. The Morgan fingerprint density at radius 3 is 2.71 bits per heavy atom. The van der Waals surface area contributed by atoms with Crippen LogP contribution in [0, 0.1) is 10.1 Å². The third-order valence-corrected chi connectivity index (χ3v) is 3.66. The van der Waals surface area contributed by atoms with Crippen LogP contribution in [0.2, 0.25) is 0 Å². The summed E-state index contributed by atoms with van der Waals surface area (Å²) in [5.74, 6) is -1.36. The first-order chi connectivity index (χ1) is 11.3. The van der Waals surface area contributed by atoms with E-state index in [2.05, 4.69) is 0 Å². The van der Waals surface area contributed by atoms with Crippen molar-refractivity contribution in [2.45, 2.75) is 13.3 Å². The normalized spacial score (nSPS) is 14.2. The van der Waals surface area contributed by atoms with Gasteiger partial charge in [-0.2, -0.15) is 0 Å². The third-order valence-electron chi connectivity index (χ3n) is 3.66. The summed E-state index contributed by atoms with van der Waals surface area (Å²) in [7, 11) is 1.50. The van der Waals surface area contributed by atoms with Crippen LogP contribution in [0.25, 0.3) is 0 Å². The van der Waals surface area contributed by atoms with Crippen molar-refractivity contribution in [3.8, 4) is 0 Å². The van der Waals surface area contributed by atoms with Gasteiger partial charge in [-0.3, -0.25) is 24.5 Å². The number of nitro benzene ring substituents is 1. The molecular weight excluding hydrogens is 318 g/mol. The molecule has 1 aliphatic heterocycles. The molecule has 1 heterocycles. The molecule has 128 valence electrons. The maximum Gasteiger partial charge on any atom is 0.307 e. The Bertz CT molecular complexity index is 702. The highest BCUT2D eigenvalue weighted by molar-refractivity contribution is 6.09. The average molecular weight is 335 g/mol. The molecule has 0 radical (unpaired) electrons. The highest BCUT2D eigenvalue weighted by Crippen LogP contribution is 2.28. The van der Waals surface area contributed by atoms with Gasteiger partial charge in [0.2, 0.25) is 5.91 Å². The van der Waals surface area contributed by atoms with Crippen LogP contribution < -0.4 is 4.90 Å². The van der Waals surface area contributed by atoms with Crippen LogP contribution in [0.3, 0.4) is 0 Å². The quantitative estimate of drug-likeness (QED) is 0.450. The summed E-state index contributed by atoms with van der Waals surface area (Å²) in [6.07, 6.45) is -0.0547. The van der Waals surface area contributed by atoms with Crippen molar-refractivity contribution in [1.29, 1.82) is 0 Å². The van der Waals surface area contributed by atoms with Crippen LogP contribution in [0.15, 0.2) is 18.2 Å². The molecule has 0 unspecified atom stereocenters. The number of ether oxygens (including phenoxy) is 1. The van der Waals surface area contributed by atoms with Crippen LogP contribution in [-0.2, 0) is 14.3 Å². The molecule has 2 rings (SSSR count). The minimum atomic E-state index is -0.608. The number of likely N-dealkylation sites (N-methyl/N-ethyl adjacent to an activating group) is 1. The Labute approximate surface area is 137 Å². The van der Waals surface area contributed by atoms with Gasteiger partial charge in [0.15, 0.2) is 0 Å². The molecule has 24 heavy (non-hydrogen) atoms. The van der Waals surface area contributed by atoms with E-state index in [4.69, 9.17) is 4.74 Å². The van der Waals surface area contributed by atoms with Crippen molar-refractivity contribution in [3.05, 3.63) is 33.9 Å². The number of fused-ring (bicyclic) bond motifs is 1. The number of non-ortho nitro benzene ring substituents is 1. The molecule has 1 aromatic rings. The number of carbonyl (C=O) groups excluding carboxylic acids is 3. The van der Waals surface area contributed by atoms with Crippen LogP contribution in [0.1, 0.15) is 23.7 Å². The summed E-state index contributed by atoms with van der Waals surface area (Å²) in [4.78, 5) is 49.1. The van der Waals surface area contributed by atoms with E-state index in [0.29, 0.717) is 5.69 Å². The van der Waals surface area contributed by atoms with Gasteiger partial charge in [0.1, 0.15) is 6.54 Å². The van der Waals surface area contributed by atoms with Gasteiger partial charge in [-0.15, -0.1) is 0 Å². The van der Waals surface area contributed by atoms with Crippen molar-refractivity contribution >= 4 is 29.2 Å². The largest absolute Gasteiger partial charge is 0.466 e. The molecule has 0 aliphatic carbocycles. The predicted molar refractivity (Wildman–Crippen MR) is 83.7 cm³/mol. The standard InChI is InChI=1S/C15H17N3O6/c1-3-24-14(20)6-7-17-9-13(19)16(2)12-5-4-10(18(22)23)8-11(12)15(17)21/h4-5,8H,3,6-7,9H2,1-2H3. The van der Waals surface area contributed by atoms with E-state index in [-0.39, 0.29) is 43.3 Å². The van der Waals surface area contributed by atoms with E-state index in [1.165, 1.54) is 29.0 Å². The van der Waals surface area contributed by atoms with Crippen LogP contribution >= 0.6 is 0 Å². The first kappa shape index (κ1) is 17.4. The van der Waals surface area contributed by atoms with Gasteiger partial charge in [-0.05, 0) is 13.0 Å². The molecule has 9 nitrogen and oxygen atoms in total. The van der Waals surface area contributed by atoms with Gasteiger partial charge >= 0.3 is 5.97 Å². The lowest BCUT2D eigenvalue weighted by Gasteiger charge is -2.19. The SMILES string of the molecule is CCOC(=O)CCN1CC(=O)N(C)c2ccc([N+](=O)[O-])cc2C1=O. The number of rotatable bonds is 5. The maximum atomic E-state index is 12.6. The van der Waals surface area contributed by atoms with Gasteiger partial charge in [0.25, 0.3) is 11.6 Å². The van der Waals surface area contributed by atoms with E-state index < -0.39 is 16.8 Å². The molecule has 0 bridgehead atoms.